The molecule has 0 saturated heterocycles. The molecular formula is C14H18N2S. The van der Waals surface area contributed by atoms with Crippen molar-refractivity contribution in [3.8, 4) is 0 Å². The summed E-state index contributed by atoms with van der Waals surface area (Å²) in [6, 6.07) is 8.60. The number of rotatable bonds is 3. The molecule has 2 aromatic rings. The van der Waals surface area contributed by atoms with Gasteiger partial charge >= 0.3 is 0 Å². The highest BCUT2D eigenvalue weighted by Gasteiger charge is 2.08. The summed E-state index contributed by atoms with van der Waals surface area (Å²) in [6.45, 7) is 7.31. The number of benzene rings is 1. The molecule has 0 spiro atoms. The van der Waals surface area contributed by atoms with Gasteiger partial charge in [0, 0.05) is 11.9 Å². The Hall–Kier alpha value is -1.35. The maximum absolute atomic E-state index is 5.32. The fourth-order valence-corrected chi connectivity index (χ4v) is 2.16. The summed E-state index contributed by atoms with van der Waals surface area (Å²) >= 11 is 5.32. The van der Waals surface area contributed by atoms with E-state index < -0.39 is 0 Å². The third-order valence-corrected chi connectivity index (χ3v) is 3.29. The predicted octanol–water partition coefficient (Wildman–Crippen LogP) is 4.03. The Kier molecular flexibility index (Phi) is 3.48. The number of hydrogen-bond acceptors (Lipinski definition) is 1. The number of aromatic nitrogens is 2. The number of aromatic amines is 1. The SMILES string of the molecule is Cc1ccc(Cn2c(C(C)C)c[nH]c2=S)cc1. The highest BCUT2D eigenvalue weighted by atomic mass is 32.1. The van der Waals surface area contributed by atoms with Crippen molar-refractivity contribution >= 4 is 12.2 Å². The number of imidazole rings is 1. The van der Waals surface area contributed by atoms with Crippen molar-refractivity contribution in [2.24, 2.45) is 0 Å². The molecular weight excluding hydrogens is 228 g/mol. The van der Waals surface area contributed by atoms with Gasteiger partial charge < -0.3 is 9.55 Å². The number of nitrogens with one attached hydrogen (secondary N) is 1. The van der Waals surface area contributed by atoms with E-state index in [4.69, 9.17) is 12.2 Å². The molecule has 0 unspecified atom stereocenters. The third kappa shape index (κ3) is 2.67. The fraction of sp³-hybridized carbons (Fsp3) is 0.357. The van der Waals surface area contributed by atoms with Gasteiger partial charge in [-0.1, -0.05) is 43.7 Å². The van der Waals surface area contributed by atoms with E-state index >= 15 is 0 Å². The Morgan fingerprint density at radius 1 is 1.24 bits per heavy atom. The van der Waals surface area contributed by atoms with E-state index in [0.29, 0.717) is 5.92 Å². The van der Waals surface area contributed by atoms with Crippen LogP contribution in [0.15, 0.2) is 30.5 Å². The molecule has 0 atom stereocenters. The molecule has 0 bridgehead atoms. The summed E-state index contributed by atoms with van der Waals surface area (Å²) in [4.78, 5) is 3.13. The molecule has 0 radical (unpaired) electrons. The van der Waals surface area contributed by atoms with E-state index in [2.05, 4.69) is 54.6 Å². The molecule has 2 nitrogen and oxygen atoms in total. The van der Waals surface area contributed by atoms with Gasteiger partial charge in [0.2, 0.25) is 0 Å². The maximum atomic E-state index is 5.32. The number of H-pyrrole nitrogens is 1. The number of nitrogens with zero attached hydrogens (tertiary/aromatic N) is 1. The summed E-state index contributed by atoms with van der Waals surface area (Å²) in [5.74, 6) is 0.480. The Labute approximate surface area is 107 Å². The zero-order valence-corrected chi connectivity index (χ0v) is 11.3. The zero-order valence-electron chi connectivity index (χ0n) is 10.5. The van der Waals surface area contributed by atoms with Crippen LogP contribution in [0.4, 0.5) is 0 Å². The Morgan fingerprint density at radius 3 is 2.47 bits per heavy atom. The minimum Gasteiger partial charge on any atom is -0.337 e. The molecule has 2 rings (SSSR count). The first-order valence-corrected chi connectivity index (χ1v) is 6.32. The van der Waals surface area contributed by atoms with Gasteiger partial charge in [0.25, 0.3) is 0 Å². The van der Waals surface area contributed by atoms with Gasteiger partial charge in [-0.25, -0.2) is 0 Å². The fourth-order valence-electron chi connectivity index (χ4n) is 1.93. The van der Waals surface area contributed by atoms with Gasteiger partial charge in [-0.05, 0) is 30.6 Å². The smallest absolute Gasteiger partial charge is 0.177 e. The molecule has 3 heteroatoms. The van der Waals surface area contributed by atoms with Crippen LogP contribution in [0.1, 0.15) is 36.6 Å². The predicted molar refractivity (Wildman–Crippen MR) is 74.0 cm³/mol. The van der Waals surface area contributed by atoms with Crippen molar-refractivity contribution in [2.45, 2.75) is 33.2 Å². The second kappa shape index (κ2) is 4.88. The average molecular weight is 246 g/mol. The van der Waals surface area contributed by atoms with Gasteiger partial charge in [-0.15, -0.1) is 0 Å². The van der Waals surface area contributed by atoms with Crippen LogP contribution in [-0.4, -0.2) is 9.55 Å². The van der Waals surface area contributed by atoms with E-state index in [9.17, 15) is 0 Å². The van der Waals surface area contributed by atoms with Crippen LogP contribution in [0, 0.1) is 11.7 Å². The zero-order chi connectivity index (χ0) is 12.4. The van der Waals surface area contributed by atoms with Gasteiger partial charge in [0.1, 0.15) is 0 Å². The number of hydrogen-bond donors (Lipinski definition) is 1. The van der Waals surface area contributed by atoms with Crippen molar-refractivity contribution < 1.29 is 0 Å². The topological polar surface area (TPSA) is 20.7 Å². The third-order valence-electron chi connectivity index (χ3n) is 2.95. The summed E-state index contributed by atoms with van der Waals surface area (Å²) in [5, 5.41) is 0. The normalized spacial score (nSPS) is 11.1. The van der Waals surface area contributed by atoms with Gasteiger partial charge in [0.05, 0.1) is 6.54 Å². The molecule has 0 aliphatic heterocycles. The second-order valence-corrected chi connectivity index (χ2v) is 5.13. The summed E-state index contributed by atoms with van der Waals surface area (Å²) in [6.07, 6.45) is 2.02. The van der Waals surface area contributed by atoms with Crippen LogP contribution < -0.4 is 0 Å². The summed E-state index contributed by atoms with van der Waals surface area (Å²) in [5.41, 5.74) is 3.83. The molecule has 1 N–H and O–H groups in total. The molecule has 1 aromatic heterocycles. The highest BCUT2D eigenvalue weighted by Crippen LogP contribution is 2.16. The Balaban J connectivity index is 2.32. The van der Waals surface area contributed by atoms with Gasteiger partial charge in [-0.2, -0.15) is 0 Å². The van der Waals surface area contributed by atoms with Crippen LogP contribution >= 0.6 is 12.2 Å². The molecule has 1 aromatic carbocycles. The van der Waals surface area contributed by atoms with Gasteiger partial charge in [-0.3, -0.25) is 0 Å². The molecule has 0 saturated carbocycles. The first-order chi connectivity index (χ1) is 8.08. The van der Waals surface area contributed by atoms with Crippen molar-refractivity contribution in [1.82, 2.24) is 9.55 Å². The highest BCUT2D eigenvalue weighted by molar-refractivity contribution is 7.71. The lowest BCUT2D eigenvalue weighted by Crippen LogP contribution is -2.05. The van der Waals surface area contributed by atoms with E-state index in [1.807, 2.05) is 6.20 Å². The lowest BCUT2D eigenvalue weighted by atomic mass is 10.1. The van der Waals surface area contributed by atoms with Crippen molar-refractivity contribution in [2.75, 3.05) is 0 Å². The number of aryl methyl sites for hydroxylation is 1. The molecule has 0 aliphatic rings. The summed E-state index contributed by atoms with van der Waals surface area (Å²) < 4.78 is 2.97. The molecule has 17 heavy (non-hydrogen) atoms. The van der Waals surface area contributed by atoms with E-state index in [0.717, 1.165) is 11.3 Å². The van der Waals surface area contributed by atoms with E-state index in [-0.39, 0.29) is 0 Å². The Bertz CT molecular complexity index is 546. The lowest BCUT2D eigenvalue weighted by molar-refractivity contribution is 0.684. The van der Waals surface area contributed by atoms with Crippen LogP contribution in [-0.2, 0) is 6.54 Å². The molecule has 90 valence electrons. The minimum atomic E-state index is 0.480. The van der Waals surface area contributed by atoms with Crippen LogP contribution in [0.2, 0.25) is 0 Å². The van der Waals surface area contributed by atoms with E-state index in [1.54, 1.807) is 0 Å². The maximum Gasteiger partial charge on any atom is 0.177 e. The van der Waals surface area contributed by atoms with Crippen LogP contribution in [0.5, 0.6) is 0 Å². The van der Waals surface area contributed by atoms with Crippen molar-refractivity contribution in [1.29, 1.82) is 0 Å². The molecule has 0 fully saturated rings. The van der Waals surface area contributed by atoms with E-state index in [1.165, 1.54) is 16.8 Å². The summed E-state index contributed by atoms with van der Waals surface area (Å²) in [7, 11) is 0. The van der Waals surface area contributed by atoms with Crippen LogP contribution in [0.25, 0.3) is 0 Å². The average Bonchev–Trinajstić information content (AvgIpc) is 2.64. The lowest BCUT2D eigenvalue weighted by Gasteiger charge is -2.11. The molecule has 0 amide bonds. The van der Waals surface area contributed by atoms with Crippen molar-refractivity contribution in [3.63, 3.8) is 0 Å². The first kappa shape index (κ1) is 12.1. The standard InChI is InChI=1S/C14H18N2S/c1-10(2)13-8-15-14(17)16(13)9-12-6-4-11(3)5-7-12/h4-8,10H,9H2,1-3H3,(H,15,17). The second-order valence-electron chi connectivity index (χ2n) is 4.75. The quantitative estimate of drug-likeness (QED) is 0.811. The molecule has 0 aliphatic carbocycles. The van der Waals surface area contributed by atoms with Crippen molar-refractivity contribution in [3.05, 3.63) is 52.1 Å². The first-order valence-electron chi connectivity index (χ1n) is 5.91. The molecule has 1 heterocycles. The Morgan fingerprint density at radius 2 is 1.88 bits per heavy atom. The monoisotopic (exact) mass is 246 g/mol. The van der Waals surface area contributed by atoms with Crippen LogP contribution in [0.3, 0.4) is 0 Å². The largest absolute Gasteiger partial charge is 0.337 e. The van der Waals surface area contributed by atoms with Gasteiger partial charge in [0.15, 0.2) is 4.77 Å². The minimum absolute atomic E-state index is 0.480.